The summed E-state index contributed by atoms with van der Waals surface area (Å²) in [6.45, 7) is 0. The van der Waals surface area contributed by atoms with Crippen LogP contribution in [-0.4, -0.2) is 11.8 Å². The van der Waals surface area contributed by atoms with Crippen molar-refractivity contribution in [1.29, 1.82) is 0 Å². The van der Waals surface area contributed by atoms with Gasteiger partial charge in [0.2, 0.25) is 0 Å². The summed E-state index contributed by atoms with van der Waals surface area (Å²) < 4.78 is 6.12. The minimum Gasteiger partial charge on any atom is -0.471 e. The molecule has 4 N–H and O–H groups in total. The van der Waals surface area contributed by atoms with Crippen molar-refractivity contribution < 1.29 is 4.74 Å². The van der Waals surface area contributed by atoms with Crippen LogP contribution in [0.1, 0.15) is 25.7 Å². The molecule has 3 rings (SSSR count). The van der Waals surface area contributed by atoms with Crippen molar-refractivity contribution in [3.05, 3.63) is 42.5 Å². The van der Waals surface area contributed by atoms with Crippen LogP contribution in [0.15, 0.2) is 42.5 Å². The first-order valence-electron chi connectivity index (χ1n) is 6.90. The van der Waals surface area contributed by atoms with Gasteiger partial charge in [-0.2, -0.15) is 0 Å². The van der Waals surface area contributed by atoms with Crippen molar-refractivity contribution >= 4 is 10.8 Å². The van der Waals surface area contributed by atoms with Crippen molar-refractivity contribution in [2.24, 2.45) is 11.5 Å². The Morgan fingerprint density at radius 1 is 1.05 bits per heavy atom. The van der Waals surface area contributed by atoms with Crippen LogP contribution < -0.4 is 16.2 Å². The molecule has 3 nitrogen and oxygen atoms in total. The molecule has 1 aliphatic carbocycles. The van der Waals surface area contributed by atoms with Crippen LogP contribution in [0, 0.1) is 0 Å². The summed E-state index contributed by atoms with van der Waals surface area (Å²) in [5, 5.41) is 2.25. The normalized spacial score (nSPS) is 27.4. The quantitative estimate of drug-likeness (QED) is 0.812. The van der Waals surface area contributed by atoms with E-state index >= 15 is 0 Å². The molecule has 0 aliphatic heterocycles. The Morgan fingerprint density at radius 2 is 1.84 bits per heavy atom. The lowest BCUT2D eigenvalue weighted by atomic mass is 9.88. The van der Waals surface area contributed by atoms with E-state index < -0.39 is 5.72 Å². The molecule has 0 aromatic heterocycles. The third-order valence-electron chi connectivity index (χ3n) is 4.01. The number of nitrogens with two attached hydrogens (primary N) is 2. The van der Waals surface area contributed by atoms with E-state index in [1.54, 1.807) is 0 Å². The second-order valence-electron chi connectivity index (χ2n) is 5.39. The van der Waals surface area contributed by atoms with Crippen molar-refractivity contribution in [3.63, 3.8) is 0 Å². The summed E-state index contributed by atoms with van der Waals surface area (Å²) in [7, 11) is 0. The monoisotopic (exact) mass is 256 g/mol. The minimum absolute atomic E-state index is 0.0970. The first kappa shape index (κ1) is 12.5. The van der Waals surface area contributed by atoms with Gasteiger partial charge in [-0.15, -0.1) is 0 Å². The van der Waals surface area contributed by atoms with Gasteiger partial charge in [-0.1, -0.05) is 42.8 Å². The zero-order valence-corrected chi connectivity index (χ0v) is 11.0. The van der Waals surface area contributed by atoms with E-state index in [1.807, 2.05) is 24.3 Å². The molecule has 1 saturated carbocycles. The lowest BCUT2D eigenvalue weighted by Gasteiger charge is -2.39. The number of fused-ring (bicyclic) bond motifs is 1. The zero-order chi connectivity index (χ0) is 13.3. The van der Waals surface area contributed by atoms with Gasteiger partial charge in [-0.05, 0) is 24.3 Å². The number of hydrogen-bond acceptors (Lipinski definition) is 3. The standard InChI is InChI=1S/C16H20N2O/c17-15-10-3-4-11-16(15,18)19-14-9-5-7-12-6-1-2-8-13(12)14/h1-2,5-9,15H,3-4,10-11,17-18H2. The highest BCUT2D eigenvalue weighted by atomic mass is 16.5. The third-order valence-corrected chi connectivity index (χ3v) is 4.01. The van der Waals surface area contributed by atoms with Gasteiger partial charge >= 0.3 is 0 Å². The summed E-state index contributed by atoms with van der Waals surface area (Å²) in [6, 6.07) is 14.1. The van der Waals surface area contributed by atoms with Crippen LogP contribution >= 0.6 is 0 Å². The maximum Gasteiger partial charge on any atom is 0.173 e. The van der Waals surface area contributed by atoms with Gasteiger partial charge in [0.05, 0.1) is 6.04 Å². The Balaban J connectivity index is 1.97. The molecule has 2 atom stereocenters. The Kier molecular flexibility index (Phi) is 3.17. The lowest BCUT2D eigenvalue weighted by Crippen LogP contribution is -2.61. The average Bonchev–Trinajstić information content (AvgIpc) is 2.43. The number of hydrogen-bond donors (Lipinski definition) is 2. The van der Waals surface area contributed by atoms with Gasteiger partial charge in [-0.3, -0.25) is 5.73 Å². The number of ether oxygens (including phenoxy) is 1. The summed E-state index contributed by atoms with van der Waals surface area (Å²) in [5.74, 6) is 0.831. The van der Waals surface area contributed by atoms with Crippen molar-refractivity contribution in [2.45, 2.75) is 37.5 Å². The molecule has 0 amide bonds. The predicted molar refractivity (Wildman–Crippen MR) is 77.9 cm³/mol. The molecule has 2 unspecified atom stereocenters. The van der Waals surface area contributed by atoms with Crippen molar-refractivity contribution in [2.75, 3.05) is 0 Å². The molecule has 19 heavy (non-hydrogen) atoms. The highest BCUT2D eigenvalue weighted by Gasteiger charge is 2.37. The number of rotatable bonds is 2. The van der Waals surface area contributed by atoms with Crippen LogP contribution in [-0.2, 0) is 0 Å². The first-order valence-corrected chi connectivity index (χ1v) is 6.90. The molecular weight excluding hydrogens is 236 g/mol. The SMILES string of the molecule is NC1CCCCC1(N)Oc1cccc2ccccc12. The molecule has 0 bridgehead atoms. The molecule has 0 radical (unpaired) electrons. The fourth-order valence-corrected chi connectivity index (χ4v) is 2.81. The molecule has 1 aliphatic rings. The second-order valence-corrected chi connectivity index (χ2v) is 5.39. The van der Waals surface area contributed by atoms with Crippen LogP contribution in [0.25, 0.3) is 10.8 Å². The predicted octanol–water partition coefficient (Wildman–Crippen LogP) is 2.77. The second kappa shape index (κ2) is 4.83. The molecule has 100 valence electrons. The van der Waals surface area contributed by atoms with E-state index in [2.05, 4.69) is 18.2 Å². The van der Waals surface area contributed by atoms with Crippen molar-refractivity contribution in [1.82, 2.24) is 0 Å². The third kappa shape index (κ3) is 2.31. The molecule has 3 heteroatoms. The largest absolute Gasteiger partial charge is 0.471 e. The highest BCUT2D eigenvalue weighted by molar-refractivity contribution is 5.88. The smallest absolute Gasteiger partial charge is 0.173 e. The Morgan fingerprint density at radius 3 is 2.68 bits per heavy atom. The van der Waals surface area contributed by atoms with E-state index in [-0.39, 0.29) is 6.04 Å². The summed E-state index contributed by atoms with van der Waals surface area (Å²) in [6.07, 6.45) is 3.96. The first-order chi connectivity index (χ1) is 9.19. The van der Waals surface area contributed by atoms with Crippen LogP contribution in [0.5, 0.6) is 5.75 Å². The Labute approximate surface area is 113 Å². The van der Waals surface area contributed by atoms with Gasteiger partial charge in [0.1, 0.15) is 5.75 Å². The molecule has 0 spiro atoms. The Bertz CT molecular complexity index is 578. The van der Waals surface area contributed by atoms with Crippen LogP contribution in [0.4, 0.5) is 0 Å². The van der Waals surface area contributed by atoms with Gasteiger partial charge in [0.15, 0.2) is 5.72 Å². The van der Waals surface area contributed by atoms with E-state index in [1.165, 1.54) is 0 Å². The lowest BCUT2D eigenvalue weighted by molar-refractivity contribution is 0.0184. The zero-order valence-electron chi connectivity index (χ0n) is 11.0. The van der Waals surface area contributed by atoms with E-state index in [4.69, 9.17) is 16.2 Å². The molecule has 0 heterocycles. The Hall–Kier alpha value is -1.58. The van der Waals surface area contributed by atoms with Crippen LogP contribution in [0.2, 0.25) is 0 Å². The van der Waals surface area contributed by atoms with Gasteiger partial charge in [0, 0.05) is 11.8 Å². The highest BCUT2D eigenvalue weighted by Crippen LogP contribution is 2.32. The maximum absolute atomic E-state index is 6.38. The fraction of sp³-hybridized carbons (Fsp3) is 0.375. The molecule has 1 fully saturated rings. The van der Waals surface area contributed by atoms with Gasteiger partial charge < -0.3 is 10.5 Å². The summed E-state index contributed by atoms with van der Waals surface area (Å²) >= 11 is 0. The van der Waals surface area contributed by atoms with Crippen molar-refractivity contribution in [3.8, 4) is 5.75 Å². The molecule has 0 saturated heterocycles. The molecule has 2 aromatic carbocycles. The average molecular weight is 256 g/mol. The van der Waals surface area contributed by atoms with E-state index in [0.717, 1.165) is 42.2 Å². The minimum atomic E-state index is -0.734. The fourth-order valence-electron chi connectivity index (χ4n) is 2.81. The van der Waals surface area contributed by atoms with Gasteiger partial charge in [-0.25, -0.2) is 0 Å². The topological polar surface area (TPSA) is 61.3 Å². The number of benzene rings is 2. The van der Waals surface area contributed by atoms with Gasteiger partial charge in [0.25, 0.3) is 0 Å². The van der Waals surface area contributed by atoms with E-state index in [9.17, 15) is 0 Å². The van der Waals surface area contributed by atoms with E-state index in [0.29, 0.717) is 0 Å². The molecule has 2 aromatic rings. The van der Waals surface area contributed by atoms with Crippen LogP contribution in [0.3, 0.4) is 0 Å². The summed E-state index contributed by atoms with van der Waals surface area (Å²) in [5.41, 5.74) is 11.8. The molecular formula is C16H20N2O. The summed E-state index contributed by atoms with van der Waals surface area (Å²) in [4.78, 5) is 0. The maximum atomic E-state index is 6.38.